The standard InChI is InChI=1S/C22H23FN2O3/c1-13-17(18-10-16(23)4-5-19(18)24-13)11-22(26)25-7-6-14-8-20(27-2)21(28-3)9-15(14)12-25/h4-5,8-10,24H,6-7,11-12H2,1-3H3. The first-order chi connectivity index (χ1) is 13.5. The van der Waals surface area contributed by atoms with Gasteiger partial charge in [0, 0.05) is 29.7 Å². The number of aromatic amines is 1. The highest BCUT2D eigenvalue weighted by Crippen LogP contribution is 2.33. The van der Waals surface area contributed by atoms with E-state index in [0.717, 1.165) is 34.1 Å². The third kappa shape index (κ3) is 3.19. The number of H-pyrrole nitrogens is 1. The summed E-state index contributed by atoms with van der Waals surface area (Å²) in [5, 5.41) is 0.773. The molecule has 0 radical (unpaired) electrons. The summed E-state index contributed by atoms with van der Waals surface area (Å²) in [6.45, 7) is 3.10. The number of ether oxygens (including phenoxy) is 2. The van der Waals surface area contributed by atoms with Crippen LogP contribution in [0.3, 0.4) is 0 Å². The monoisotopic (exact) mass is 382 g/mol. The predicted molar refractivity (Wildman–Crippen MR) is 105 cm³/mol. The van der Waals surface area contributed by atoms with Crippen molar-refractivity contribution in [1.82, 2.24) is 9.88 Å². The van der Waals surface area contributed by atoms with E-state index in [4.69, 9.17) is 9.47 Å². The normalized spacial score (nSPS) is 13.5. The molecule has 1 aliphatic rings. The lowest BCUT2D eigenvalue weighted by Gasteiger charge is -2.29. The van der Waals surface area contributed by atoms with Crippen molar-refractivity contribution in [3.8, 4) is 11.5 Å². The summed E-state index contributed by atoms with van der Waals surface area (Å²) in [6.07, 6.45) is 1.01. The number of amides is 1. The summed E-state index contributed by atoms with van der Waals surface area (Å²) in [4.78, 5) is 18.1. The van der Waals surface area contributed by atoms with Gasteiger partial charge in [-0.05, 0) is 60.4 Å². The Morgan fingerprint density at radius 1 is 1.14 bits per heavy atom. The Morgan fingerprint density at radius 2 is 1.86 bits per heavy atom. The average Bonchev–Trinajstić information content (AvgIpc) is 3.00. The SMILES string of the molecule is COc1cc2c(cc1OC)CN(C(=O)Cc1c(C)[nH]c3ccc(F)cc13)CC2. The maximum atomic E-state index is 13.7. The van der Waals surface area contributed by atoms with Crippen molar-refractivity contribution < 1.29 is 18.7 Å². The molecule has 0 aliphatic carbocycles. The van der Waals surface area contributed by atoms with Gasteiger partial charge in [0.2, 0.25) is 5.91 Å². The molecule has 0 spiro atoms. The van der Waals surface area contributed by atoms with Crippen molar-refractivity contribution in [2.24, 2.45) is 0 Å². The number of nitrogens with one attached hydrogen (secondary N) is 1. The predicted octanol–water partition coefficient (Wildman–Crippen LogP) is 3.76. The zero-order chi connectivity index (χ0) is 19.8. The van der Waals surface area contributed by atoms with Crippen LogP contribution in [-0.4, -0.2) is 36.6 Å². The number of aryl methyl sites for hydroxylation is 1. The summed E-state index contributed by atoms with van der Waals surface area (Å²) in [5.41, 5.74) is 4.85. The summed E-state index contributed by atoms with van der Waals surface area (Å²) >= 11 is 0. The first-order valence-corrected chi connectivity index (χ1v) is 9.28. The fourth-order valence-electron chi connectivity index (χ4n) is 3.94. The maximum Gasteiger partial charge on any atom is 0.227 e. The third-order valence-electron chi connectivity index (χ3n) is 5.48. The van der Waals surface area contributed by atoms with Crippen LogP contribution in [0.15, 0.2) is 30.3 Å². The fraction of sp³-hybridized carbons (Fsp3) is 0.318. The van der Waals surface area contributed by atoms with Gasteiger partial charge in [0.25, 0.3) is 0 Å². The number of nitrogens with zero attached hydrogens (tertiary/aromatic N) is 1. The Bertz CT molecular complexity index is 1060. The molecule has 0 atom stereocenters. The van der Waals surface area contributed by atoms with Gasteiger partial charge in [0.1, 0.15) is 5.82 Å². The number of carbonyl (C=O) groups is 1. The molecule has 2 aromatic carbocycles. The second kappa shape index (κ2) is 7.19. The van der Waals surface area contributed by atoms with E-state index in [1.807, 2.05) is 24.0 Å². The van der Waals surface area contributed by atoms with Gasteiger partial charge in [-0.1, -0.05) is 0 Å². The fourth-order valence-corrected chi connectivity index (χ4v) is 3.94. The number of fused-ring (bicyclic) bond motifs is 2. The number of carbonyl (C=O) groups excluding carboxylic acids is 1. The number of rotatable bonds is 4. The molecule has 0 unspecified atom stereocenters. The van der Waals surface area contributed by atoms with Crippen LogP contribution >= 0.6 is 0 Å². The van der Waals surface area contributed by atoms with E-state index >= 15 is 0 Å². The molecule has 3 aromatic rings. The van der Waals surface area contributed by atoms with E-state index in [1.165, 1.54) is 17.7 Å². The highest BCUT2D eigenvalue weighted by molar-refractivity contribution is 5.90. The second-order valence-electron chi connectivity index (χ2n) is 7.14. The zero-order valence-electron chi connectivity index (χ0n) is 16.3. The molecule has 1 N–H and O–H groups in total. The van der Waals surface area contributed by atoms with Crippen molar-refractivity contribution >= 4 is 16.8 Å². The molecule has 146 valence electrons. The number of methoxy groups -OCH3 is 2. The van der Waals surface area contributed by atoms with Crippen LogP contribution < -0.4 is 9.47 Å². The number of hydrogen-bond donors (Lipinski definition) is 1. The highest BCUT2D eigenvalue weighted by Gasteiger charge is 2.24. The Hall–Kier alpha value is -3.02. The first-order valence-electron chi connectivity index (χ1n) is 9.28. The van der Waals surface area contributed by atoms with E-state index in [1.54, 1.807) is 20.3 Å². The van der Waals surface area contributed by atoms with E-state index in [-0.39, 0.29) is 18.1 Å². The van der Waals surface area contributed by atoms with E-state index in [2.05, 4.69) is 4.98 Å². The lowest BCUT2D eigenvalue weighted by Crippen LogP contribution is -2.37. The van der Waals surface area contributed by atoms with Crippen molar-refractivity contribution in [2.75, 3.05) is 20.8 Å². The van der Waals surface area contributed by atoms with Crippen molar-refractivity contribution in [3.63, 3.8) is 0 Å². The zero-order valence-corrected chi connectivity index (χ0v) is 16.3. The molecule has 4 rings (SSSR count). The second-order valence-corrected chi connectivity index (χ2v) is 7.14. The Labute approximate surface area is 163 Å². The maximum absolute atomic E-state index is 13.7. The molecule has 0 fully saturated rings. The van der Waals surface area contributed by atoms with Crippen molar-refractivity contribution in [1.29, 1.82) is 0 Å². The first kappa shape index (κ1) is 18.3. The van der Waals surface area contributed by atoms with Gasteiger partial charge in [-0.2, -0.15) is 0 Å². The molecule has 28 heavy (non-hydrogen) atoms. The van der Waals surface area contributed by atoms with Gasteiger partial charge in [-0.25, -0.2) is 4.39 Å². The van der Waals surface area contributed by atoms with Crippen molar-refractivity contribution in [3.05, 3.63) is 58.5 Å². The Kier molecular flexibility index (Phi) is 4.71. The summed E-state index contributed by atoms with van der Waals surface area (Å²) in [7, 11) is 3.23. The molecular weight excluding hydrogens is 359 g/mol. The molecule has 6 heteroatoms. The molecule has 0 bridgehead atoms. The minimum atomic E-state index is -0.298. The Balaban J connectivity index is 1.58. The lowest BCUT2D eigenvalue weighted by molar-refractivity contribution is -0.131. The smallest absolute Gasteiger partial charge is 0.227 e. The van der Waals surface area contributed by atoms with Gasteiger partial charge in [0.15, 0.2) is 11.5 Å². The van der Waals surface area contributed by atoms with Gasteiger partial charge in [0.05, 0.1) is 20.6 Å². The van der Waals surface area contributed by atoms with E-state index in [9.17, 15) is 9.18 Å². The molecule has 1 aliphatic heterocycles. The molecule has 2 heterocycles. The summed E-state index contributed by atoms with van der Waals surface area (Å²) in [5.74, 6) is 1.11. The van der Waals surface area contributed by atoms with Gasteiger partial charge in [-0.3, -0.25) is 4.79 Å². The topological polar surface area (TPSA) is 54.6 Å². The molecule has 5 nitrogen and oxygen atoms in total. The highest BCUT2D eigenvalue weighted by atomic mass is 19.1. The largest absolute Gasteiger partial charge is 0.493 e. The van der Waals surface area contributed by atoms with Crippen molar-refractivity contribution in [2.45, 2.75) is 26.3 Å². The summed E-state index contributed by atoms with van der Waals surface area (Å²) in [6, 6.07) is 8.56. The van der Waals surface area contributed by atoms with Gasteiger partial charge < -0.3 is 19.4 Å². The molecular formula is C22H23FN2O3. The third-order valence-corrected chi connectivity index (χ3v) is 5.48. The molecule has 0 saturated carbocycles. The summed E-state index contributed by atoms with van der Waals surface area (Å²) < 4.78 is 24.4. The van der Waals surface area contributed by atoms with E-state index < -0.39 is 0 Å². The minimum absolute atomic E-state index is 0.0358. The van der Waals surface area contributed by atoms with Crippen LogP contribution in [0.4, 0.5) is 4.39 Å². The van der Waals surface area contributed by atoms with Crippen LogP contribution in [-0.2, 0) is 24.2 Å². The lowest BCUT2D eigenvalue weighted by atomic mass is 9.98. The number of aromatic nitrogens is 1. The van der Waals surface area contributed by atoms with Gasteiger partial charge >= 0.3 is 0 Å². The average molecular weight is 382 g/mol. The molecule has 1 amide bonds. The molecule has 1 aromatic heterocycles. The Morgan fingerprint density at radius 3 is 2.57 bits per heavy atom. The quantitative estimate of drug-likeness (QED) is 0.748. The van der Waals surface area contributed by atoms with Crippen LogP contribution in [0.2, 0.25) is 0 Å². The van der Waals surface area contributed by atoms with Crippen LogP contribution in [0.1, 0.15) is 22.4 Å². The number of benzene rings is 2. The number of hydrogen-bond acceptors (Lipinski definition) is 3. The minimum Gasteiger partial charge on any atom is -0.493 e. The van der Waals surface area contributed by atoms with Crippen LogP contribution in [0.25, 0.3) is 10.9 Å². The van der Waals surface area contributed by atoms with Crippen LogP contribution in [0, 0.1) is 12.7 Å². The van der Waals surface area contributed by atoms with E-state index in [0.29, 0.717) is 24.6 Å². The number of halogens is 1. The van der Waals surface area contributed by atoms with Gasteiger partial charge in [-0.15, -0.1) is 0 Å². The molecule has 0 saturated heterocycles. The van der Waals surface area contributed by atoms with Crippen LogP contribution in [0.5, 0.6) is 11.5 Å².